The topological polar surface area (TPSA) is 28.2 Å². The van der Waals surface area contributed by atoms with Crippen molar-refractivity contribution in [3.63, 3.8) is 0 Å². The van der Waals surface area contributed by atoms with E-state index in [1.54, 1.807) is 0 Å². The Morgan fingerprint density at radius 2 is 2.11 bits per heavy atom. The van der Waals surface area contributed by atoms with Gasteiger partial charge in [-0.05, 0) is 76.6 Å². The van der Waals surface area contributed by atoms with Crippen LogP contribution < -0.4 is 10.2 Å². The van der Waals surface area contributed by atoms with E-state index < -0.39 is 0 Å². The van der Waals surface area contributed by atoms with Gasteiger partial charge in [-0.3, -0.25) is 0 Å². The van der Waals surface area contributed by atoms with Crippen molar-refractivity contribution < 1.29 is 0 Å². The van der Waals surface area contributed by atoms with Crippen LogP contribution in [-0.4, -0.2) is 30.2 Å². The van der Waals surface area contributed by atoms with E-state index >= 15 is 0 Å². The van der Waals surface area contributed by atoms with Crippen molar-refractivity contribution in [3.05, 3.63) is 21.2 Å². The van der Waals surface area contributed by atoms with Crippen LogP contribution in [0, 0.1) is 0 Å². The first-order valence-electron chi connectivity index (χ1n) is 7.07. The van der Waals surface area contributed by atoms with Crippen LogP contribution in [-0.2, 0) is 0 Å². The Morgan fingerprint density at radius 3 is 2.84 bits per heavy atom. The third kappa shape index (κ3) is 2.98. The third-order valence-corrected chi connectivity index (χ3v) is 5.19. The second-order valence-electron chi connectivity index (χ2n) is 5.42. The van der Waals surface area contributed by atoms with Gasteiger partial charge < -0.3 is 10.2 Å². The highest BCUT2D eigenvalue weighted by Crippen LogP contribution is 2.33. The van der Waals surface area contributed by atoms with E-state index in [2.05, 4.69) is 53.1 Å². The summed E-state index contributed by atoms with van der Waals surface area (Å²) in [6.45, 7) is 2.29. The molecule has 2 atom stereocenters. The number of aromatic nitrogens is 1. The van der Waals surface area contributed by atoms with Crippen molar-refractivity contribution >= 4 is 37.7 Å². The summed E-state index contributed by atoms with van der Waals surface area (Å²) in [6, 6.07) is 3.33. The van der Waals surface area contributed by atoms with Crippen LogP contribution in [0.4, 0.5) is 5.82 Å². The van der Waals surface area contributed by atoms with E-state index in [0.29, 0.717) is 12.1 Å². The molecule has 2 unspecified atom stereocenters. The molecule has 19 heavy (non-hydrogen) atoms. The van der Waals surface area contributed by atoms with Crippen LogP contribution in [0.3, 0.4) is 0 Å². The SMILES string of the molecule is Brc1cnc(N2CCCCC2C2CCCN2)c(Br)c1. The zero-order valence-corrected chi connectivity index (χ0v) is 14.1. The molecular weight excluding hydrogens is 370 g/mol. The molecule has 0 spiro atoms. The Kier molecular flexibility index (Phi) is 4.44. The molecule has 0 amide bonds. The van der Waals surface area contributed by atoms with Crippen molar-refractivity contribution in [1.29, 1.82) is 0 Å². The number of hydrogen-bond acceptors (Lipinski definition) is 3. The van der Waals surface area contributed by atoms with Crippen molar-refractivity contribution in [2.75, 3.05) is 18.0 Å². The van der Waals surface area contributed by atoms with Gasteiger partial charge in [-0.25, -0.2) is 4.98 Å². The largest absolute Gasteiger partial charge is 0.351 e. The third-order valence-electron chi connectivity index (χ3n) is 4.17. The van der Waals surface area contributed by atoms with Crippen LogP contribution in [0.15, 0.2) is 21.2 Å². The first kappa shape index (κ1) is 13.8. The summed E-state index contributed by atoms with van der Waals surface area (Å²) < 4.78 is 2.11. The van der Waals surface area contributed by atoms with Crippen LogP contribution in [0.5, 0.6) is 0 Å². The highest BCUT2D eigenvalue weighted by Gasteiger charge is 2.33. The molecule has 0 saturated carbocycles. The van der Waals surface area contributed by atoms with Gasteiger partial charge in [0.05, 0.1) is 4.47 Å². The highest BCUT2D eigenvalue weighted by atomic mass is 79.9. The summed E-state index contributed by atoms with van der Waals surface area (Å²) in [5.41, 5.74) is 0. The second-order valence-corrected chi connectivity index (χ2v) is 7.19. The Labute approximate surface area is 131 Å². The van der Waals surface area contributed by atoms with E-state index in [-0.39, 0.29) is 0 Å². The summed E-state index contributed by atoms with van der Waals surface area (Å²) in [6.07, 6.45) is 8.40. The smallest absolute Gasteiger partial charge is 0.143 e. The molecule has 3 rings (SSSR count). The number of pyridine rings is 1. The predicted molar refractivity (Wildman–Crippen MR) is 85.6 cm³/mol. The summed E-state index contributed by atoms with van der Waals surface area (Å²) >= 11 is 7.14. The predicted octanol–water partition coefficient (Wildman–Crippen LogP) is 3.72. The van der Waals surface area contributed by atoms with E-state index in [4.69, 9.17) is 0 Å². The number of hydrogen-bond donors (Lipinski definition) is 1. The molecule has 1 aromatic heterocycles. The summed E-state index contributed by atoms with van der Waals surface area (Å²) in [7, 11) is 0. The summed E-state index contributed by atoms with van der Waals surface area (Å²) in [5.74, 6) is 1.10. The first-order valence-corrected chi connectivity index (χ1v) is 8.65. The zero-order chi connectivity index (χ0) is 13.2. The molecule has 0 aliphatic carbocycles. The monoisotopic (exact) mass is 387 g/mol. The quantitative estimate of drug-likeness (QED) is 0.836. The van der Waals surface area contributed by atoms with E-state index in [1.165, 1.54) is 38.6 Å². The lowest BCUT2D eigenvalue weighted by Gasteiger charge is -2.40. The molecule has 0 radical (unpaired) electrons. The minimum atomic E-state index is 0.598. The number of halogens is 2. The zero-order valence-electron chi connectivity index (χ0n) is 10.9. The molecule has 1 aromatic rings. The second kappa shape index (κ2) is 6.10. The summed E-state index contributed by atoms with van der Waals surface area (Å²) in [5, 5.41) is 3.66. The van der Waals surface area contributed by atoms with E-state index in [9.17, 15) is 0 Å². The molecule has 2 aliphatic heterocycles. The molecule has 0 bridgehead atoms. The molecular formula is C14H19Br2N3. The minimum Gasteiger partial charge on any atom is -0.351 e. The Balaban J connectivity index is 1.86. The number of nitrogens with one attached hydrogen (secondary N) is 1. The number of anilines is 1. The normalized spacial score (nSPS) is 27.8. The van der Waals surface area contributed by atoms with Crippen molar-refractivity contribution in [2.24, 2.45) is 0 Å². The molecule has 0 aromatic carbocycles. The number of piperidine rings is 1. The van der Waals surface area contributed by atoms with Crippen molar-refractivity contribution in [3.8, 4) is 0 Å². The lowest BCUT2D eigenvalue weighted by molar-refractivity contribution is 0.376. The number of rotatable bonds is 2. The maximum Gasteiger partial charge on any atom is 0.143 e. The van der Waals surface area contributed by atoms with Crippen LogP contribution in [0.2, 0.25) is 0 Å². The highest BCUT2D eigenvalue weighted by molar-refractivity contribution is 9.11. The van der Waals surface area contributed by atoms with Gasteiger partial charge in [0.25, 0.3) is 0 Å². The Morgan fingerprint density at radius 1 is 1.21 bits per heavy atom. The molecule has 3 heterocycles. The number of nitrogens with zero attached hydrogens (tertiary/aromatic N) is 2. The molecule has 2 saturated heterocycles. The van der Waals surface area contributed by atoms with Crippen LogP contribution in [0.25, 0.3) is 0 Å². The average molecular weight is 389 g/mol. The van der Waals surface area contributed by atoms with Crippen LogP contribution in [0.1, 0.15) is 32.1 Å². The van der Waals surface area contributed by atoms with E-state index in [0.717, 1.165) is 21.3 Å². The fourth-order valence-corrected chi connectivity index (χ4v) is 4.51. The molecule has 2 aliphatic rings. The lowest BCUT2D eigenvalue weighted by Crippen LogP contribution is -2.50. The van der Waals surface area contributed by atoms with Gasteiger partial charge in [-0.1, -0.05) is 0 Å². The molecule has 5 heteroatoms. The molecule has 104 valence electrons. The van der Waals surface area contributed by atoms with Crippen LogP contribution >= 0.6 is 31.9 Å². The van der Waals surface area contributed by atoms with E-state index in [1.807, 2.05) is 6.20 Å². The average Bonchev–Trinajstić information content (AvgIpc) is 2.93. The first-order chi connectivity index (χ1) is 9.25. The van der Waals surface area contributed by atoms with Crippen molar-refractivity contribution in [2.45, 2.75) is 44.2 Å². The minimum absolute atomic E-state index is 0.598. The molecule has 3 nitrogen and oxygen atoms in total. The molecule has 2 fully saturated rings. The Bertz CT molecular complexity index is 446. The van der Waals surface area contributed by atoms with Gasteiger partial charge in [-0.15, -0.1) is 0 Å². The fraction of sp³-hybridized carbons (Fsp3) is 0.643. The maximum atomic E-state index is 4.63. The maximum absolute atomic E-state index is 4.63. The lowest BCUT2D eigenvalue weighted by atomic mass is 9.94. The van der Waals surface area contributed by atoms with Gasteiger partial charge in [-0.2, -0.15) is 0 Å². The van der Waals surface area contributed by atoms with Gasteiger partial charge in [0.1, 0.15) is 5.82 Å². The fourth-order valence-electron chi connectivity index (χ4n) is 3.30. The van der Waals surface area contributed by atoms with Gasteiger partial charge in [0.15, 0.2) is 0 Å². The van der Waals surface area contributed by atoms with Gasteiger partial charge >= 0.3 is 0 Å². The summed E-state index contributed by atoms with van der Waals surface area (Å²) in [4.78, 5) is 7.13. The Hall–Kier alpha value is -0.130. The standard InChI is InChI=1S/C14H19Br2N3/c15-10-8-11(16)14(18-9-10)19-7-2-1-5-13(19)12-4-3-6-17-12/h8-9,12-13,17H,1-7H2. The van der Waals surface area contributed by atoms with Crippen molar-refractivity contribution in [1.82, 2.24) is 10.3 Å². The van der Waals surface area contributed by atoms with Gasteiger partial charge in [0.2, 0.25) is 0 Å². The van der Waals surface area contributed by atoms with Gasteiger partial charge in [0, 0.05) is 29.3 Å². The molecule has 1 N–H and O–H groups in total.